The molecule has 14 heavy (non-hydrogen) atoms. The molecule has 76 valence electrons. The Morgan fingerprint density at radius 1 is 1.00 bits per heavy atom. The van der Waals surface area contributed by atoms with Crippen molar-refractivity contribution < 1.29 is 29.0 Å². The Kier molecular flexibility index (Phi) is 2.12. The molecular formula is C6H3F2NO5. The molecule has 0 saturated carbocycles. The van der Waals surface area contributed by atoms with Crippen molar-refractivity contribution in [2.24, 2.45) is 0 Å². The molecule has 3 N–H and O–H groups in total. The third kappa shape index (κ3) is 1.16. The Bertz CT molecular complexity index is 390. The second-order valence-corrected chi connectivity index (χ2v) is 2.28. The number of aromatic hydroxyl groups is 3. The predicted octanol–water partition coefficient (Wildman–Crippen LogP) is 0.990. The summed E-state index contributed by atoms with van der Waals surface area (Å²) >= 11 is 0. The largest absolute Gasteiger partial charge is 0.503 e. The topological polar surface area (TPSA) is 104 Å². The molecule has 0 bridgehead atoms. The van der Waals surface area contributed by atoms with Gasteiger partial charge in [0.2, 0.25) is 23.1 Å². The molecule has 1 aromatic carbocycles. The first-order chi connectivity index (χ1) is 6.37. The molecule has 0 aliphatic rings. The van der Waals surface area contributed by atoms with Crippen LogP contribution in [0.15, 0.2) is 0 Å². The van der Waals surface area contributed by atoms with Crippen LogP contribution in [0.25, 0.3) is 0 Å². The maximum Gasteiger partial charge on any atom is 0.358 e. The van der Waals surface area contributed by atoms with Gasteiger partial charge in [-0.3, -0.25) is 10.1 Å². The zero-order valence-corrected chi connectivity index (χ0v) is 6.36. The lowest BCUT2D eigenvalue weighted by molar-refractivity contribution is -0.387. The van der Waals surface area contributed by atoms with Crippen molar-refractivity contribution in [1.82, 2.24) is 0 Å². The van der Waals surface area contributed by atoms with E-state index in [0.29, 0.717) is 0 Å². The van der Waals surface area contributed by atoms with E-state index in [1.165, 1.54) is 0 Å². The van der Waals surface area contributed by atoms with E-state index in [1.54, 1.807) is 0 Å². The Labute approximate surface area is 74.8 Å². The minimum atomic E-state index is -1.90. The number of nitrogens with zero attached hydrogens (tertiary/aromatic N) is 1. The molecule has 6 nitrogen and oxygen atoms in total. The van der Waals surface area contributed by atoms with Gasteiger partial charge in [-0.1, -0.05) is 0 Å². The molecule has 0 saturated heterocycles. The van der Waals surface area contributed by atoms with Crippen molar-refractivity contribution in [3.05, 3.63) is 21.7 Å². The minimum absolute atomic E-state index is 1.38. The van der Waals surface area contributed by atoms with E-state index in [9.17, 15) is 18.9 Å². The summed E-state index contributed by atoms with van der Waals surface area (Å²) in [7, 11) is 0. The first kappa shape index (κ1) is 9.96. The number of phenolic OH excluding ortho intramolecular Hbond substituents is 3. The van der Waals surface area contributed by atoms with Gasteiger partial charge in [-0.25, -0.2) is 0 Å². The number of nitro benzene ring substituents is 1. The SMILES string of the molecule is O=[N+]([O-])c1c(O)c(F)c(O)c(F)c1O. The molecule has 0 radical (unpaired) electrons. The zero-order chi connectivity index (χ0) is 11.0. The molecule has 0 aromatic heterocycles. The smallest absolute Gasteiger partial charge is 0.358 e. The molecule has 0 aliphatic carbocycles. The Morgan fingerprint density at radius 2 is 1.36 bits per heavy atom. The van der Waals surface area contributed by atoms with Gasteiger partial charge in [0.1, 0.15) is 0 Å². The summed E-state index contributed by atoms with van der Waals surface area (Å²) < 4.78 is 25.3. The maximum absolute atomic E-state index is 12.6. The molecule has 0 spiro atoms. The Balaban J connectivity index is 3.68. The van der Waals surface area contributed by atoms with Crippen LogP contribution in [0.3, 0.4) is 0 Å². The van der Waals surface area contributed by atoms with Crippen molar-refractivity contribution in [2.75, 3.05) is 0 Å². The van der Waals surface area contributed by atoms with Crippen molar-refractivity contribution >= 4 is 5.69 Å². The second kappa shape index (κ2) is 2.98. The normalized spacial score (nSPS) is 10.1. The maximum atomic E-state index is 12.6. The molecular weight excluding hydrogens is 204 g/mol. The lowest BCUT2D eigenvalue weighted by atomic mass is 10.2. The van der Waals surface area contributed by atoms with E-state index in [-0.39, 0.29) is 0 Å². The highest BCUT2D eigenvalue weighted by atomic mass is 19.1. The fraction of sp³-hybridized carbons (Fsp3) is 0. The van der Waals surface area contributed by atoms with Gasteiger partial charge in [-0.15, -0.1) is 0 Å². The average Bonchev–Trinajstić information content (AvgIpc) is 2.11. The van der Waals surface area contributed by atoms with Gasteiger partial charge >= 0.3 is 5.69 Å². The highest BCUT2D eigenvalue weighted by Crippen LogP contribution is 2.44. The minimum Gasteiger partial charge on any atom is -0.503 e. The fourth-order valence-electron chi connectivity index (χ4n) is 0.814. The first-order valence-electron chi connectivity index (χ1n) is 3.14. The lowest BCUT2D eigenvalue weighted by Gasteiger charge is -2.03. The number of hydrogen-bond donors (Lipinski definition) is 3. The van der Waals surface area contributed by atoms with Crippen molar-refractivity contribution in [1.29, 1.82) is 0 Å². The summed E-state index contributed by atoms with van der Waals surface area (Å²) in [5.74, 6) is -8.71. The summed E-state index contributed by atoms with van der Waals surface area (Å²) in [4.78, 5) is 8.75. The number of nitro groups is 1. The van der Waals surface area contributed by atoms with Gasteiger partial charge < -0.3 is 15.3 Å². The van der Waals surface area contributed by atoms with Gasteiger partial charge in [-0.05, 0) is 0 Å². The van der Waals surface area contributed by atoms with Gasteiger partial charge in [0.25, 0.3) is 0 Å². The summed E-state index contributed by atoms with van der Waals surface area (Å²) in [6.45, 7) is 0. The second-order valence-electron chi connectivity index (χ2n) is 2.28. The van der Waals surface area contributed by atoms with Crippen LogP contribution in [0.2, 0.25) is 0 Å². The van der Waals surface area contributed by atoms with E-state index in [4.69, 9.17) is 15.3 Å². The molecule has 0 heterocycles. The lowest BCUT2D eigenvalue weighted by Crippen LogP contribution is -1.95. The molecule has 0 unspecified atom stereocenters. The van der Waals surface area contributed by atoms with Crippen LogP contribution in [0, 0.1) is 21.7 Å². The van der Waals surface area contributed by atoms with E-state index in [2.05, 4.69) is 0 Å². The number of rotatable bonds is 1. The molecule has 0 atom stereocenters. The summed E-state index contributed by atoms with van der Waals surface area (Å²) in [6, 6.07) is 0. The molecule has 1 rings (SSSR count). The van der Waals surface area contributed by atoms with Crippen LogP contribution >= 0.6 is 0 Å². The van der Waals surface area contributed by atoms with Gasteiger partial charge in [0.05, 0.1) is 4.92 Å². The van der Waals surface area contributed by atoms with Crippen molar-refractivity contribution in [2.45, 2.75) is 0 Å². The third-order valence-corrected chi connectivity index (χ3v) is 1.46. The Hall–Kier alpha value is -2.12. The van der Waals surface area contributed by atoms with Crippen LogP contribution in [-0.4, -0.2) is 20.2 Å². The van der Waals surface area contributed by atoms with Crippen molar-refractivity contribution in [3.8, 4) is 17.2 Å². The standard InChI is InChI=1S/C6H3F2NO5/c7-1-4(10)2(8)6(12)3(5(1)11)9(13)14/h10-12H. The molecule has 0 aliphatic heterocycles. The Morgan fingerprint density at radius 3 is 1.64 bits per heavy atom. The van der Waals surface area contributed by atoms with Crippen LogP contribution in [-0.2, 0) is 0 Å². The van der Waals surface area contributed by atoms with Crippen LogP contribution < -0.4 is 0 Å². The predicted molar refractivity (Wildman–Crippen MR) is 38.0 cm³/mol. The monoisotopic (exact) mass is 207 g/mol. The zero-order valence-electron chi connectivity index (χ0n) is 6.36. The van der Waals surface area contributed by atoms with Crippen LogP contribution in [0.5, 0.6) is 17.2 Å². The number of halogens is 2. The van der Waals surface area contributed by atoms with E-state index in [0.717, 1.165) is 0 Å². The van der Waals surface area contributed by atoms with Crippen molar-refractivity contribution in [3.63, 3.8) is 0 Å². The van der Waals surface area contributed by atoms with E-state index < -0.39 is 39.5 Å². The van der Waals surface area contributed by atoms with Gasteiger partial charge in [0, 0.05) is 0 Å². The first-order valence-corrected chi connectivity index (χ1v) is 3.14. The average molecular weight is 207 g/mol. The fourth-order valence-corrected chi connectivity index (χ4v) is 0.814. The van der Waals surface area contributed by atoms with Gasteiger partial charge in [-0.2, -0.15) is 8.78 Å². The molecule has 0 amide bonds. The van der Waals surface area contributed by atoms with E-state index in [1.807, 2.05) is 0 Å². The van der Waals surface area contributed by atoms with E-state index >= 15 is 0 Å². The number of phenols is 3. The third-order valence-electron chi connectivity index (χ3n) is 1.46. The van der Waals surface area contributed by atoms with Gasteiger partial charge in [0.15, 0.2) is 5.75 Å². The summed E-state index contributed by atoms with van der Waals surface area (Å²) in [6.07, 6.45) is 0. The van der Waals surface area contributed by atoms with Crippen LogP contribution in [0.1, 0.15) is 0 Å². The summed E-state index contributed by atoms with van der Waals surface area (Å²) in [5, 5.41) is 36.2. The highest BCUT2D eigenvalue weighted by molar-refractivity contribution is 5.61. The quantitative estimate of drug-likeness (QED) is 0.470. The number of benzene rings is 1. The molecule has 1 aromatic rings. The summed E-state index contributed by atoms with van der Waals surface area (Å²) in [5.41, 5.74) is -1.53. The molecule has 8 heteroatoms. The highest BCUT2D eigenvalue weighted by Gasteiger charge is 2.31. The van der Waals surface area contributed by atoms with Crippen LogP contribution in [0.4, 0.5) is 14.5 Å². The number of hydrogen-bond acceptors (Lipinski definition) is 5. The molecule has 0 fully saturated rings.